The summed E-state index contributed by atoms with van der Waals surface area (Å²) >= 11 is 3.56. The highest BCUT2D eigenvalue weighted by atomic mass is 79.9. The molecule has 0 radical (unpaired) electrons. The Morgan fingerprint density at radius 3 is 2.47 bits per heavy atom. The second-order valence-electron chi connectivity index (χ2n) is 7.52. The van der Waals surface area contributed by atoms with E-state index in [1.54, 1.807) is 7.11 Å². The monoisotopic (exact) mass is 457 g/mol. The maximum atomic E-state index is 13.2. The number of halogens is 1. The topological polar surface area (TPSA) is 29.5 Å². The van der Waals surface area contributed by atoms with Crippen LogP contribution in [0.4, 0.5) is 5.69 Å². The summed E-state index contributed by atoms with van der Waals surface area (Å²) in [6.07, 6.45) is 0.826. The average molecular weight is 458 g/mol. The van der Waals surface area contributed by atoms with Crippen LogP contribution in [-0.2, 0) is 13.0 Å². The molecule has 0 saturated heterocycles. The SMILES string of the molecule is COc1ccc(CN2C(=O)c3cccc4c(Cc5cccc(Br)c5)ccc2c34)cc1. The van der Waals surface area contributed by atoms with Crippen LogP contribution in [0.5, 0.6) is 5.75 Å². The minimum atomic E-state index is 0.0611. The molecule has 148 valence electrons. The van der Waals surface area contributed by atoms with Gasteiger partial charge in [0.05, 0.1) is 19.3 Å². The minimum Gasteiger partial charge on any atom is -0.497 e. The largest absolute Gasteiger partial charge is 0.497 e. The first kappa shape index (κ1) is 18.9. The molecule has 4 aromatic carbocycles. The standard InChI is InChI=1S/C26H20BrNO2/c1-30-21-11-8-17(9-12-21)16-28-24-13-10-19(14-18-4-2-5-20(27)15-18)22-6-3-7-23(25(22)24)26(28)29/h2-13,15H,14,16H2,1H3. The van der Waals surface area contributed by atoms with Crippen LogP contribution in [0, 0.1) is 0 Å². The number of nitrogens with zero attached hydrogens (tertiary/aromatic N) is 1. The van der Waals surface area contributed by atoms with Gasteiger partial charge in [-0.05, 0) is 64.9 Å². The Morgan fingerprint density at radius 2 is 1.70 bits per heavy atom. The van der Waals surface area contributed by atoms with E-state index in [4.69, 9.17) is 4.74 Å². The summed E-state index contributed by atoms with van der Waals surface area (Å²) in [6, 6.07) is 26.5. The second kappa shape index (κ2) is 7.62. The lowest BCUT2D eigenvalue weighted by Crippen LogP contribution is -2.25. The van der Waals surface area contributed by atoms with Crippen molar-refractivity contribution >= 4 is 38.3 Å². The molecule has 5 rings (SSSR count). The van der Waals surface area contributed by atoms with Gasteiger partial charge in [-0.25, -0.2) is 0 Å². The molecule has 30 heavy (non-hydrogen) atoms. The van der Waals surface area contributed by atoms with E-state index in [1.807, 2.05) is 47.4 Å². The summed E-state index contributed by atoms with van der Waals surface area (Å²) in [5, 5.41) is 2.21. The predicted molar refractivity (Wildman–Crippen MR) is 124 cm³/mol. The summed E-state index contributed by atoms with van der Waals surface area (Å²) < 4.78 is 6.32. The van der Waals surface area contributed by atoms with E-state index in [2.05, 4.69) is 52.3 Å². The fraction of sp³-hybridized carbons (Fsp3) is 0.115. The van der Waals surface area contributed by atoms with Crippen LogP contribution in [0.2, 0.25) is 0 Å². The molecule has 0 unspecified atom stereocenters. The Hall–Kier alpha value is -3.11. The third-order valence-corrected chi connectivity index (χ3v) is 6.15. The third kappa shape index (κ3) is 3.27. The highest BCUT2D eigenvalue weighted by Gasteiger charge is 2.30. The molecule has 4 aromatic rings. The van der Waals surface area contributed by atoms with E-state index in [9.17, 15) is 4.79 Å². The number of carbonyl (C=O) groups is 1. The quantitative estimate of drug-likeness (QED) is 0.348. The molecule has 0 N–H and O–H groups in total. The Balaban J connectivity index is 1.54. The van der Waals surface area contributed by atoms with Gasteiger partial charge >= 0.3 is 0 Å². The van der Waals surface area contributed by atoms with Crippen LogP contribution >= 0.6 is 15.9 Å². The summed E-state index contributed by atoms with van der Waals surface area (Å²) in [5.74, 6) is 0.875. The number of anilines is 1. The number of ether oxygens (including phenoxy) is 1. The lowest BCUT2D eigenvalue weighted by Gasteiger charge is -2.18. The van der Waals surface area contributed by atoms with Crippen LogP contribution in [0.15, 0.2) is 83.3 Å². The zero-order valence-corrected chi connectivity index (χ0v) is 18.1. The molecule has 0 aromatic heterocycles. The molecule has 0 fully saturated rings. The minimum absolute atomic E-state index is 0.0611. The first-order valence-electron chi connectivity index (χ1n) is 9.88. The van der Waals surface area contributed by atoms with Gasteiger partial charge in [0, 0.05) is 15.4 Å². The Bertz CT molecular complexity index is 1260. The summed E-state index contributed by atoms with van der Waals surface area (Å²) in [4.78, 5) is 15.1. The summed E-state index contributed by atoms with van der Waals surface area (Å²) in [6.45, 7) is 0.539. The fourth-order valence-corrected chi connectivity index (χ4v) is 4.64. The Labute approximate surface area is 184 Å². The van der Waals surface area contributed by atoms with Crippen molar-refractivity contribution in [3.05, 3.63) is 106 Å². The van der Waals surface area contributed by atoms with Crippen molar-refractivity contribution in [3.8, 4) is 5.75 Å². The molecule has 1 aliphatic heterocycles. The molecule has 1 amide bonds. The number of carbonyl (C=O) groups excluding carboxylic acids is 1. The number of amides is 1. The molecule has 0 bridgehead atoms. The van der Waals surface area contributed by atoms with Crippen molar-refractivity contribution in [1.29, 1.82) is 0 Å². The van der Waals surface area contributed by atoms with Gasteiger partial charge in [0.1, 0.15) is 5.75 Å². The van der Waals surface area contributed by atoms with Crippen molar-refractivity contribution in [2.75, 3.05) is 12.0 Å². The smallest absolute Gasteiger partial charge is 0.259 e. The first-order valence-corrected chi connectivity index (χ1v) is 10.7. The fourth-order valence-electron chi connectivity index (χ4n) is 4.20. The van der Waals surface area contributed by atoms with Crippen LogP contribution in [0.25, 0.3) is 10.8 Å². The van der Waals surface area contributed by atoms with Crippen LogP contribution in [-0.4, -0.2) is 13.0 Å². The molecule has 0 aliphatic carbocycles. The highest BCUT2D eigenvalue weighted by molar-refractivity contribution is 9.10. The number of methoxy groups -OCH3 is 1. The van der Waals surface area contributed by atoms with Crippen LogP contribution in [0.3, 0.4) is 0 Å². The van der Waals surface area contributed by atoms with Gasteiger partial charge in [-0.2, -0.15) is 0 Å². The second-order valence-corrected chi connectivity index (χ2v) is 8.43. The van der Waals surface area contributed by atoms with Crippen molar-refractivity contribution in [2.45, 2.75) is 13.0 Å². The lowest BCUT2D eigenvalue weighted by atomic mass is 9.96. The van der Waals surface area contributed by atoms with E-state index >= 15 is 0 Å². The van der Waals surface area contributed by atoms with Crippen molar-refractivity contribution in [1.82, 2.24) is 0 Å². The zero-order chi connectivity index (χ0) is 20.7. The van der Waals surface area contributed by atoms with E-state index in [0.29, 0.717) is 6.54 Å². The van der Waals surface area contributed by atoms with Gasteiger partial charge in [0.2, 0.25) is 0 Å². The van der Waals surface area contributed by atoms with Crippen molar-refractivity contribution < 1.29 is 9.53 Å². The molecule has 1 aliphatic rings. The molecule has 0 spiro atoms. The average Bonchev–Trinajstić information content (AvgIpc) is 3.03. The van der Waals surface area contributed by atoms with Gasteiger partial charge < -0.3 is 9.64 Å². The van der Waals surface area contributed by atoms with Crippen LogP contribution < -0.4 is 9.64 Å². The molecular formula is C26H20BrNO2. The zero-order valence-electron chi connectivity index (χ0n) is 16.6. The van der Waals surface area contributed by atoms with Gasteiger partial charge in [-0.3, -0.25) is 4.79 Å². The normalized spacial score (nSPS) is 12.6. The van der Waals surface area contributed by atoms with E-state index in [0.717, 1.165) is 44.2 Å². The third-order valence-electron chi connectivity index (χ3n) is 5.66. The lowest BCUT2D eigenvalue weighted by molar-refractivity contribution is 0.0991. The summed E-state index contributed by atoms with van der Waals surface area (Å²) in [5.41, 5.74) is 5.31. The Kier molecular flexibility index (Phi) is 4.80. The van der Waals surface area contributed by atoms with Gasteiger partial charge in [-0.1, -0.05) is 58.4 Å². The maximum absolute atomic E-state index is 13.2. The molecule has 4 heteroatoms. The molecule has 0 atom stereocenters. The number of hydrogen-bond acceptors (Lipinski definition) is 2. The first-order chi connectivity index (χ1) is 14.6. The van der Waals surface area contributed by atoms with Crippen molar-refractivity contribution in [2.24, 2.45) is 0 Å². The van der Waals surface area contributed by atoms with E-state index in [-0.39, 0.29) is 5.91 Å². The number of benzene rings is 4. The predicted octanol–water partition coefficient (Wildman–Crippen LogP) is 6.36. The molecular weight excluding hydrogens is 438 g/mol. The molecule has 3 nitrogen and oxygen atoms in total. The Morgan fingerprint density at radius 1 is 0.900 bits per heavy atom. The van der Waals surface area contributed by atoms with Crippen molar-refractivity contribution in [3.63, 3.8) is 0 Å². The number of rotatable bonds is 5. The van der Waals surface area contributed by atoms with E-state index in [1.165, 1.54) is 11.1 Å². The van der Waals surface area contributed by atoms with Gasteiger partial charge in [0.25, 0.3) is 5.91 Å². The molecule has 1 heterocycles. The van der Waals surface area contributed by atoms with Gasteiger partial charge in [-0.15, -0.1) is 0 Å². The maximum Gasteiger partial charge on any atom is 0.259 e. The number of hydrogen-bond donors (Lipinski definition) is 0. The van der Waals surface area contributed by atoms with E-state index < -0.39 is 0 Å². The van der Waals surface area contributed by atoms with Gasteiger partial charge in [0.15, 0.2) is 0 Å². The molecule has 0 saturated carbocycles. The van der Waals surface area contributed by atoms with Crippen LogP contribution in [0.1, 0.15) is 27.0 Å². The summed E-state index contributed by atoms with van der Waals surface area (Å²) in [7, 11) is 1.65. The highest BCUT2D eigenvalue weighted by Crippen LogP contribution is 2.40.